The van der Waals surface area contributed by atoms with Crippen LogP contribution in [0.2, 0.25) is 0 Å². The fourth-order valence-electron chi connectivity index (χ4n) is 3.88. The summed E-state index contributed by atoms with van der Waals surface area (Å²) in [5.41, 5.74) is 0. The van der Waals surface area contributed by atoms with E-state index in [4.69, 9.17) is 23.7 Å². The highest BCUT2D eigenvalue weighted by atomic mass is 16.7. The lowest BCUT2D eigenvalue weighted by Crippen LogP contribution is -2.64. The van der Waals surface area contributed by atoms with E-state index in [1.807, 2.05) is 0 Å². The Balaban J connectivity index is 1.58. The van der Waals surface area contributed by atoms with Gasteiger partial charge in [0.2, 0.25) is 0 Å². The van der Waals surface area contributed by atoms with Crippen molar-refractivity contribution in [3.63, 3.8) is 0 Å². The van der Waals surface area contributed by atoms with Gasteiger partial charge in [-0.3, -0.25) is 0 Å². The topological polar surface area (TPSA) is 248 Å². The van der Waals surface area contributed by atoms with Gasteiger partial charge < -0.3 is 74.7 Å². The predicted octanol–water partition coefficient (Wildman–Crippen LogP) is -6.55. The van der Waals surface area contributed by atoms with Gasteiger partial charge in [-0.25, -0.2) is 0 Å². The summed E-state index contributed by atoms with van der Waals surface area (Å²) in [6, 6.07) is 0. The van der Waals surface area contributed by atoms with Gasteiger partial charge in [-0.2, -0.15) is 0 Å². The first-order valence-electron chi connectivity index (χ1n) is 10.4. The van der Waals surface area contributed by atoms with Crippen molar-refractivity contribution in [2.75, 3.05) is 13.2 Å². The zero-order valence-electron chi connectivity index (χ0n) is 17.6. The Morgan fingerprint density at radius 1 is 0.606 bits per heavy atom. The molecule has 0 amide bonds. The van der Waals surface area contributed by atoms with Crippen LogP contribution in [0, 0.1) is 0 Å². The monoisotopic (exact) mass is 488 g/mol. The number of hydrogen-bond acceptors (Lipinski definition) is 15. The average molecular weight is 488 g/mol. The highest BCUT2D eigenvalue weighted by molar-refractivity contribution is 4.93. The molecule has 9 unspecified atom stereocenters. The summed E-state index contributed by atoms with van der Waals surface area (Å²) in [6.45, 7) is 0.167. The summed E-state index contributed by atoms with van der Waals surface area (Å²) in [4.78, 5) is 0. The molecule has 10 N–H and O–H groups in total. The lowest BCUT2D eigenvalue weighted by atomic mass is 9.97. The minimum atomic E-state index is -1.86. The second-order valence-electron chi connectivity index (χ2n) is 8.36. The minimum absolute atomic E-state index is 0.560. The number of aliphatic hydroxyl groups excluding tert-OH is 10. The first kappa shape index (κ1) is 27.0. The van der Waals surface area contributed by atoms with Crippen LogP contribution in [0.4, 0.5) is 0 Å². The van der Waals surface area contributed by atoms with Crippen LogP contribution in [-0.2, 0) is 23.7 Å². The van der Waals surface area contributed by atoms with E-state index in [0.717, 1.165) is 0 Å². The predicted molar refractivity (Wildman–Crippen MR) is 99.8 cm³/mol. The standard InChI is InChI=1S/C18H32O15/c1-4-7(20)10(23)14(27)18(30-4)33-15-12(25)9(22)6(31-16(15)28)3-29-17-13(26)11(24)8(21)5(2-19)32-17/h4-28H,2-3H2,1H3/t4?,5?,6?,7-,8+,9+,10?,11?,12?,13?,14?,15?,16+,17+,18-/m0/s1. The highest BCUT2D eigenvalue weighted by Crippen LogP contribution is 2.29. The van der Waals surface area contributed by atoms with Crippen LogP contribution in [0.15, 0.2) is 0 Å². The lowest BCUT2D eigenvalue weighted by Gasteiger charge is -2.45. The Labute approximate surface area is 187 Å². The molecule has 0 aliphatic carbocycles. The van der Waals surface area contributed by atoms with Gasteiger partial charge in [-0.1, -0.05) is 0 Å². The molecule has 3 rings (SSSR count). The van der Waals surface area contributed by atoms with Crippen LogP contribution in [0.5, 0.6) is 0 Å². The Morgan fingerprint density at radius 3 is 1.82 bits per heavy atom. The zero-order chi connectivity index (χ0) is 24.6. The van der Waals surface area contributed by atoms with E-state index < -0.39 is 105 Å². The molecular weight excluding hydrogens is 456 g/mol. The Hall–Kier alpha value is -0.600. The van der Waals surface area contributed by atoms with Crippen LogP contribution >= 0.6 is 0 Å². The maximum absolute atomic E-state index is 10.4. The maximum atomic E-state index is 10.4. The largest absolute Gasteiger partial charge is 0.394 e. The molecule has 0 aromatic heterocycles. The maximum Gasteiger partial charge on any atom is 0.187 e. The molecule has 0 spiro atoms. The Morgan fingerprint density at radius 2 is 1.18 bits per heavy atom. The fraction of sp³-hybridized carbons (Fsp3) is 1.00. The van der Waals surface area contributed by atoms with Crippen molar-refractivity contribution in [1.82, 2.24) is 0 Å². The highest BCUT2D eigenvalue weighted by Gasteiger charge is 2.50. The average Bonchev–Trinajstić information content (AvgIpc) is 2.79. The number of rotatable bonds is 6. The van der Waals surface area contributed by atoms with Crippen molar-refractivity contribution in [1.29, 1.82) is 0 Å². The molecule has 3 fully saturated rings. The quantitative estimate of drug-likeness (QED) is 0.167. The minimum Gasteiger partial charge on any atom is -0.394 e. The normalized spacial score (nSPS) is 53.7. The molecule has 0 bridgehead atoms. The summed E-state index contributed by atoms with van der Waals surface area (Å²) in [6.07, 6.45) is -23.3. The molecule has 3 aliphatic heterocycles. The third-order valence-electron chi connectivity index (χ3n) is 6.04. The molecule has 15 nitrogen and oxygen atoms in total. The summed E-state index contributed by atoms with van der Waals surface area (Å²) in [5, 5.41) is 99.5. The Kier molecular flexibility index (Phi) is 8.99. The van der Waals surface area contributed by atoms with Crippen LogP contribution < -0.4 is 0 Å². The van der Waals surface area contributed by atoms with E-state index in [-0.39, 0.29) is 0 Å². The SMILES string of the molecule is CC1O[C@@H](OC2C(O)[C@H](O)C(CO[C@@H]3OC(CO)[C@@H](O)C(O)C3O)O[C@H]2O)C(O)C(O)[C@H]1O. The molecule has 0 radical (unpaired) electrons. The van der Waals surface area contributed by atoms with Gasteiger partial charge in [0, 0.05) is 0 Å². The van der Waals surface area contributed by atoms with Crippen LogP contribution in [0.1, 0.15) is 6.92 Å². The molecule has 3 heterocycles. The summed E-state index contributed by atoms with van der Waals surface area (Å²) in [5.74, 6) is 0. The zero-order valence-corrected chi connectivity index (χ0v) is 17.6. The molecule has 3 aliphatic rings. The van der Waals surface area contributed by atoms with Gasteiger partial charge in [-0.05, 0) is 6.92 Å². The third-order valence-corrected chi connectivity index (χ3v) is 6.04. The van der Waals surface area contributed by atoms with E-state index in [9.17, 15) is 51.1 Å². The lowest BCUT2D eigenvalue weighted by molar-refractivity contribution is -0.364. The van der Waals surface area contributed by atoms with Gasteiger partial charge in [0.1, 0.15) is 67.1 Å². The van der Waals surface area contributed by atoms with E-state index in [2.05, 4.69) is 0 Å². The second kappa shape index (κ2) is 11.0. The van der Waals surface area contributed by atoms with E-state index in [1.165, 1.54) is 6.92 Å². The summed E-state index contributed by atoms with van der Waals surface area (Å²) >= 11 is 0. The van der Waals surface area contributed by atoms with E-state index >= 15 is 0 Å². The van der Waals surface area contributed by atoms with Gasteiger partial charge in [0.05, 0.1) is 19.3 Å². The van der Waals surface area contributed by atoms with Crippen molar-refractivity contribution in [3.05, 3.63) is 0 Å². The van der Waals surface area contributed by atoms with Crippen molar-refractivity contribution in [2.24, 2.45) is 0 Å². The van der Waals surface area contributed by atoms with Gasteiger partial charge in [0.25, 0.3) is 0 Å². The molecule has 33 heavy (non-hydrogen) atoms. The summed E-state index contributed by atoms with van der Waals surface area (Å²) in [7, 11) is 0. The van der Waals surface area contributed by atoms with Crippen molar-refractivity contribution in [2.45, 2.75) is 99.0 Å². The molecule has 0 aromatic rings. The number of hydrogen-bond donors (Lipinski definition) is 10. The third kappa shape index (κ3) is 5.48. The first-order valence-corrected chi connectivity index (χ1v) is 10.4. The number of aliphatic hydroxyl groups is 10. The summed E-state index contributed by atoms with van der Waals surface area (Å²) < 4.78 is 26.2. The van der Waals surface area contributed by atoms with Crippen LogP contribution in [0.3, 0.4) is 0 Å². The van der Waals surface area contributed by atoms with Crippen molar-refractivity contribution in [3.8, 4) is 0 Å². The van der Waals surface area contributed by atoms with E-state index in [1.54, 1.807) is 0 Å². The van der Waals surface area contributed by atoms with E-state index in [0.29, 0.717) is 0 Å². The molecule has 0 saturated carbocycles. The van der Waals surface area contributed by atoms with Gasteiger partial charge >= 0.3 is 0 Å². The van der Waals surface area contributed by atoms with Crippen molar-refractivity contribution >= 4 is 0 Å². The molecule has 15 atom stereocenters. The van der Waals surface area contributed by atoms with Gasteiger partial charge in [-0.15, -0.1) is 0 Å². The first-order chi connectivity index (χ1) is 15.5. The molecule has 3 saturated heterocycles. The molecule has 0 aromatic carbocycles. The molecule has 15 heteroatoms. The van der Waals surface area contributed by atoms with Crippen molar-refractivity contribution < 1.29 is 74.7 Å². The molecular formula is C18H32O15. The van der Waals surface area contributed by atoms with Gasteiger partial charge in [0.15, 0.2) is 18.9 Å². The second-order valence-corrected chi connectivity index (χ2v) is 8.36. The van der Waals surface area contributed by atoms with Crippen LogP contribution in [-0.4, -0.2) is 156 Å². The number of ether oxygens (including phenoxy) is 5. The Bertz CT molecular complexity index is 624. The molecule has 194 valence electrons. The van der Waals surface area contributed by atoms with Crippen LogP contribution in [0.25, 0.3) is 0 Å². The fourth-order valence-corrected chi connectivity index (χ4v) is 3.88. The smallest absolute Gasteiger partial charge is 0.187 e.